The molecule has 0 saturated heterocycles. The molecule has 3 rings (SSSR count). The predicted octanol–water partition coefficient (Wildman–Crippen LogP) is 3.64. The Bertz CT molecular complexity index is 919. The minimum Gasteiger partial charge on any atom is -0.385 e. The molecular weight excluding hydrogens is 416 g/mol. The average Bonchev–Trinajstić information content (AvgIpc) is 3.09. The first-order valence-electron chi connectivity index (χ1n) is 11.8. The van der Waals surface area contributed by atoms with Gasteiger partial charge in [-0.25, -0.2) is 0 Å². The van der Waals surface area contributed by atoms with E-state index in [4.69, 9.17) is 0 Å². The van der Waals surface area contributed by atoms with Gasteiger partial charge in [0.2, 0.25) is 0 Å². The van der Waals surface area contributed by atoms with Crippen LogP contribution in [0.5, 0.6) is 0 Å². The van der Waals surface area contributed by atoms with Gasteiger partial charge in [-0.2, -0.15) is 0 Å². The van der Waals surface area contributed by atoms with Crippen molar-refractivity contribution in [3.63, 3.8) is 0 Å². The highest BCUT2D eigenvalue weighted by Crippen LogP contribution is 2.22. The Balaban J connectivity index is 1.32. The van der Waals surface area contributed by atoms with Crippen molar-refractivity contribution in [3.05, 3.63) is 65.2 Å². The summed E-state index contributed by atoms with van der Waals surface area (Å²) in [7, 11) is 0. The van der Waals surface area contributed by atoms with Gasteiger partial charge in [0.05, 0.1) is 11.1 Å². The van der Waals surface area contributed by atoms with Crippen LogP contribution in [0.4, 0.5) is 5.69 Å². The number of likely N-dealkylation sites (N-methyl/N-ethyl adjacent to an activating group) is 1. The van der Waals surface area contributed by atoms with Gasteiger partial charge < -0.3 is 15.5 Å². The van der Waals surface area contributed by atoms with Crippen molar-refractivity contribution >= 4 is 23.4 Å². The van der Waals surface area contributed by atoms with Gasteiger partial charge in [0.15, 0.2) is 0 Å². The third-order valence-electron chi connectivity index (χ3n) is 6.02. The lowest BCUT2D eigenvalue weighted by atomic mass is 10.1. The Labute approximate surface area is 196 Å². The lowest BCUT2D eigenvalue weighted by Gasteiger charge is -2.18. The van der Waals surface area contributed by atoms with E-state index in [0.29, 0.717) is 29.8 Å². The molecule has 1 aliphatic rings. The Kier molecular flexibility index (Phi) is 9.01. The van der Waals surface area contributed by atoms with Crippen LogP contribution in [0, 0.1) is 0 Å². The second kappa shape index (κ2) is 12.2. The summed E-state index contributed by atoms with van der Waals surface area (Å²) in [4.78, 5) is 40.6. The summed E-state index contributed by atoms with van der Waals surface area (Å²) in [5.41, 5.74) is 2.63. The molecule has 0 radical (unpaired) electrons. The zero-order valence-electron chi connectivity index (χ0n) is 19.6. The molecule has 7 heteroatoms. The van der Waals surface area contributed by atoms with E-state index < -0.39 is 0 Å². The predicted molar refractivity (Wildman–Crippen MR) is 131 cm³/mol. The third kappa shape index (κ3) is 6.42. The molecule has 33 heavy (non-hydrogen) atoms. The van der Waals surface area contributed by atoms with Gasteiger partial charge in [-0.3, -0.25) is 19.3 Å². The Morgan fingerprint density at radius 3 is 2.09 bits per heavy atom. The van der Waals surface area contributed by atoms with Crippen LogP contribution in [-0.2, 0) is 0 Å². The monoisotopic (exact) mass is 450 g/mol. The standard InChI is InChI=1S/C26H34N4O3/c1-3-29(4-2)19-17-28-24(31)20-12-14-21(15-13-20)27-16-8-5-9-18-30-25(32)22-10-6-7-11-23(22)26(30)33/h6-7,10-15,27H,3-5,8-9,16-19H2,1-2H3,(H,28,31). The molecule has 0 atom stereocenters. The van der Waals surface area contributed by atoms with Crippen LogP contribution in [0.25, 0.3) is 0 Å². The maximum Gasteiger partial charge on any atom is 0.261 e. The first-order valence-corrected chi connectivity index (χ1v) is 11.8. The molecule has 0 aliphatic carbocycles. The number of benzene rings is 2. The van der Waals surface area contributed by atoms with Crippen molar-refractivity contribution in [3.8, 4) is 0 Å². The topological polar surface area (TPSA) is 81.8 Å². The average molecular weight is 451 g/mol. The minimum atomic E-state index is -0.189. The van der Waals surface area contributed by atoms with E-state index in [1.165, 1.54) is 4.90 Å². The summed E-state index contributed by atoms with van der Waals surface area (Å²) in [6.45, 7) is 8.93. The minimum absolute atomic E-state index is 0.0538. The summed E-state index contributed by atoms with van der Waals surface area (Å²) in [5, 5.41) is 6.32. The second-order valence-corrected chi connectivity index (χ2v) is 8.16. The number of amides is 3. The van der Waals surface area contributed by atoms with Crippen LogP contribution in [0.2, 0.25) is 0 Å². The highest BCUT2D eigenvalue weighted by atomic mass is 16.2. The van der Waals surface area contributed by atoms with Crippen LogP contribution in [0.1, 0.15) is 64.2 Å². The maximum atomic E-state index is 12.4. The first kappa shape index (κ1) is 24.5. The highest BCUT2D eigenvalue weighted by molar-refractivity contribution is 6.21. The first-order chi connectivity index (χ1) is 16.0. The number of carbonyl (C=O) groups excluding carboxylic acids is 3. The zero-order chi connectivity index (χ0) is 23.6. The van der Waals surface area contributed by atoms with Gasteiger partial charge >= 0.3 is 0 Å². The van der Waals surface area contributed by atoms with E-state index >= 15 is 0 Å². The molecule has 3 amide bonds. The van der Waals surface area contributed by atoms with Crippen LogP contribution in [0.15, 0.2) is 48.5 Å². The normalized spacial score (nSPS) is 12.9. The lowest BCUT2D eigenvalue weighted by molar-refractivity contribution is 0.0651. The molecule has 2 aromatic rings. The van der Waals surface area contributed by atoms with Crippen molar-refractivity contribution in [1.82, 2.24) is 15.1 Å². The molecule has 0 saturated carbocycles. The number of nitrogens with zero attached hydrogens (tertiary/aromatic N) is 2. The molecule has 1 aliphatic heterocycles. The van der Waals surface area contributed by atoms with Gasteiger partial charge in [-0.15, -0.1) is 0 Å². The third-order valence-corrected chi connectivity index (χ3v) is 6.02. The largest absolute Gasteiger partial charge is 0.385 e. The highest BCUT2D eigenvalue weighted by Gasteiger charge is 2.34. The van der Waals surface area contributed by atoms with Crippen molar-refractivity contribution in [2.75, 3.05) is 44.6 Å². The fraction of sp³-hybridized carbons (Fsp3) is 0.423. The van der Waals surface area contributed by atoms with E-state index in [2.05, 4.69) is 29.4 Å². The molecule has 0 spiro atoms. The van der Waals surface area contributed by atoms with E-state index in [1.807, 2.05) is 24.3 Å². The Hall–Kier alpha value is -3.19. The molecule has 2 aromatic carbocycles. The number of fused-ring (bicyclic) bond motifs is 1. The number of nitrogens with one attached hydrogen (secondary N) is 2. The van der Waals surface area contributed by atoms with Crippen LogP contribution in [0.3, 0.4) is 0 Å². The van der Waals surface area contributed by atoms with Crippen molar-refractivity contribution < 1.29 is 14.4 Å². The molecule has 2 N–H and O–H groups in total. The summed E-state index contributed by atoms with van der Waals surface area (Å²) in [5.74, 6) is -0.432. The number of hydrogen-bond acceptors (Lipinski definition) is 5. The molecule has 7 nitrogen and oxygen atoms in total. The number of unbranched alkanes of at least 4 members (excludes halogenated alkanes) is 2. The van der Waals surface area contributed by atoms with Gasteiger partial charge in [0, 0.05) is 37.4 Å². The van der Waals surface area contributed by atoms with Gasteiger partial charge in [-0.05, 0) is 68.8 Å². The number of hydrogen-bond donors (Lipinski definition) is 2. The number of imide groups is 1. The smallest absolute Gasteiger partial charge is 0.261 e. The van der Waals surface area contributed by atoms with Crippen molar-refractivity contribution in [2.45, 2.75) is 33.1 Å². The molecule has 0 fully saturated rings. The zero-order valence-corrected chi connectivity index (χ0v) is 19.6. The van der Waals surface area contributed by atoms with E-state index in [1.54, 1.807) is 24.3 Å². The summed E-state index contributed by atoms with van der Waals surface area (Å²) in [6, 6.07) is 14.5. The van der Waals surface area contributed by atoms with E-state index in [0.717, 1.165) is 51.1 Å². The van der Waals surface area contributed by atoms with Crippen LogP contribution in [-0.4, -0.2) is 66.8 Å². The Morgan fingerprint density at radius 1 is 0.848 bits per heavy atom. The quantitative estimate of drug-likeness (QED) is 0.360. The molecule has 0 bridgehead atoms. The number of carbonyl (C=O) groups is 3. The van der Waals surface area contributed by atoms with Crippen molar-refractivity contribution in [2.24, 2.45) is 0 Å². The van der Waals surface area contributed by atoms with Gasteiger partial charge in [0.25, 0.3) is 17.7 Å². The SMILES string of the molecule is CCN(CC)CCNC(=O)c1ccc(NCCCCCN2C(=O)c3ccccc3C2=O)cc1. The van der Waals surface area contributed by atoms with E-state index in [9.17, 15) is 14.4 Å². The van der Waals surface area contributed by atoms with Crippen molar-refractivity contribution in [1.29, 1.82) is 0 Å². The fourth-order valence-electron chi connectivity index (χ4n) is 3.96. The van der Waals surface area contributed by atoms with E-state index in [-0.39, 0.29) is 17.7 Å². The molecule has 1 heterocycles. The molecule has 0 unspecified atom stereocenters. The summed E-state index contributed by atoms with van der Waals surface area (Å²) < 4.78 is 0. The summed E-state index contributed by atoms with van der Waals surface area (Å²) in [6.07, 6.45) is 2.62. The molecular formula is C26H34N4O3. The van der Waals surface area contributed by atoms with Gasteiger partial charge in [0.1, 0.15) is 0 Å². The number of rotatable bonds is 13. The van der Waals surface area contributed by atoms with Crippen LogP contribution >= 0.6 is 0 Å². The summed E-state index contributed by atoms with van der Waals surface area (Å²) >= 11 is 0. The fourth-order valence-corrected chi connectivity index (χ4v) is 3.96. The molecule has 0 aromatic heterocycles. The maximum absolute atomic E-state index is 12.4. The lowest BCUT2D eigenvalue weighted by Crippen LogP contribution is -2.34. The van der Waals surface area contributed by atoms with Gasteiger partial charge in [-0.1, -0.05) is 26.0 Å². The van der Waals surface area contributed by atoms with Crippen LogP contribution < -0.4 is 10.6 Å². The Morgan fingerprint density at radius 2 is 1.48 bits per heavy atom. The second-order valence-electron chi connectivity index (χ2n) is 8.16. The molecule has 176 valence electrons. The number of anilines is 1.